The first-order valence-corrected chi connectivity index (χ1v) is 3.07. The molecule has 0 spiro atoms. The molecule has 0 aromatic heterocycles. The average molecular weight is 149 g/mol. The van der Waals surface area contributed by atoms with Crippen LogP contribution in [0.5, 0.6) is 0 Å². The fourth-order valence-corrected chi connectivity index (χ4v) is 0.446. The van der Waals surface area contributed by atoms with E-state index in [0.29, 0.717) is 6.26 Å². The zero-order valence-corrected chi connectivity index (χ0v) is 5.09. The molecule has 0 aliphatic rings. The molecule has 0 fully saturated rings. The summed E-state index contributed by atoms with van der Waals surface area (Å²) in [7, 11) is -4.16. The highest BCUT2D eigenvalue weighted by molar-refractivity contribution is 7.82. The van der Waals surface area contributed by atoms with Crippen LogP contribution in [0.4, 0.5) is 0 Å². The lowest BCUT2D eigenvalue weighted by Gasteiger charge is -1.92. The minimum Gasteiger partial charge on any atom is -0.361 e. The normalized spacial score (nSPS) is 9.22. The summed E-state index contributed by atoms with van der Waals surface area (Å²) in [6, 6.07) is 0. The molecule has 0 bridgehead atoms. The molecule has 0 radical (unpaired) electrons. The summed E-state index contributed by atoms with van der Waals surface area (Å²) >= 11 is 0. The zero-order chi connectivity index (χ0) is 7.33. The highest BCUT2D eigenvalue weighted by Crippen LogP contribution is 1.92. The maximum Gasteiger partial charge on any atom is 0.510 e. The van der Waals surface area contributed by atoms with E-state index in [2.05, 4.69) is 14.9 Å². The van der Waals surface area contributed by atoms with Crippen molar-refractivity contribution in [2.75, 3.05) is 0 Å². The largest absolute Gasteiger partial charge is 0.510 e. The van der Waals surface area contributed by atoms with Gasteiger partial charge in [-0.2, -0.15) is 0 Å². The lowest BCUT2D eigenvalue weighted by atomic mass is 11.2. The molecule has 0 aliphatic heterocycles. The summed E-state index contributed by atoms with van der Waals surface area (Å²) < 4.78 is 27.4. The predicted molar refractivity (Wildman–Crippen MR) is 26.9 cm³/mol. The highest BCUT2D eigenvalue weighted by Gasteiger charge is 2.08. The van der Waals surface area contributed by atoms with E-state index in [4.69, 9.17) is 5.26 Å². The Morgan fingerprint density at radius 1 is 1.67 bits per heavy atom. The van der Waals surface area contributed by atoms with E-state index in [-0.39, 0.29) is 0 Å². The van der Waals surface area contributed by atoms with E-state index in [1.807, 2.05) is 0 Å². The van der Waals surface area contributed by atoms with Gasteiger partial charge in [-0.05, 0) is 0 Å². The quantitative estimate of drug-likeness (QED) is 0.413. The second-order valence-corrected chi connectivity index (χ2v) is 2.02. The van der Waals surface area contributed by atoms with Gasteiger partial charge in [-0.1, -0.05) is 6.58 Å². The Bertz CT molecular complexity index is 223. The fraction of sp³-hybridized carbons (Fsp3) is 0. The SMILES string of the molecule is C=COS(=O)(=O)OC#N. The van der Waals surface area contributed by atoms with Crippen LogP contribution in [0.25, 0.3) is 0 Å². The minimum absolute atomic E-state index is 0.646. The Balaban J connectivity index is 4.08. The van der Waals surface area contributed by atoms with Crippen LogP contribution in [0, 0.1) is 11.5 Å². The standard InChI is InChI=1S/C3H3NO4S/c1-2-7-9(5,6)8-3-4/h2H,1H2. The summed E-state index contributed by atoms with van der Waals surface area (Å²) in [5.74, 6) is 0. The van der Waals surface area contributed by atoms with Gasteiger partial charge in [-0.15, -0.1) is 13.7 Å². The van der Waals surface area contributed by atoms with Crippen molar-refractivity contribution in [2.45, 2.75) is 0 Å². The molecule has 0 amide bonds. The highest BCUT2D eigenvalue weighted by atomic mass is 32.3. The molecule has 50 valence electrons. The second-order valence-electron chi connectivity index (χ2n) is 0.846. The molecule has 0 rings (SSSR count). The number of nitrogens with zero attached hydrogens (tertiary/aromatic N) is 1. The lowest BCUT2D eigenvalue weighted by molar-refractivity contribution is 0.345. The van der Waals surface area contributed by atoms with Crippen LogP contribution in [0.3, 0.4) is 0 Å². The van der Waals surface area contributed by atoms with Gasteiger partial charge in [0.15, 0.2) is 0 Å². The lowest BCUT2D eigenvalue weighted by Crippen LogP contribution is -2.01. The summed E-state index contributed by atoms with van der Waals surface area (Å²) in [4.78, 5) is 0. The van der Waals surface area contributed by atoms with E-state index in [9.17, 15) is 8.42 Å². The molecule has 0 aromatic rings. The van der Waals surface area contributed by atoms with Crippen molar-refractivity contribution in [3.8, 4) is 6.26 Å². The minimum atomic E-state index is -4.16. The van der Waals surface area contributed by atoms with Crippen LogP contribution in [-0.4, -0.2) is 8.42 Å². The van der Waals surface area contributed by atoms with Gasteiger partial charge in [0.2, 0.25) is 0 Å². The Labute approximate surface area is 52.4 Å². The first-order chi connectivity index (χ1) is 4.12. The number of hydrogen-bond donors (Lipinski definition) is 0. The third-order valence-corrected chi connectivity index (χ3v) is 0.976. The molecule has 0 saturated heterocycles. The van der Waals surface area contributed by atoms with E-state index < -0.39 is 10.4 Å². The zero-order valence-electron chi connectivity index (χ0n) is 4.27. The fourth-order valence-electron chi connectivity index (χ4n) is 0.149. The Morgan fingerprint density at radius 2 is 2.22 bits per heavy atom. The summed E-state index contributed by atoms with van der Waals surface area (Å²) in [5.41, 5.74) is 0. The monoisotopic (exact) mass is 149 g/mol. The molecule has 0 aliphatic carbocycles. The van der Waals surface area contributed by atoms with Crippen LogP contribution < -0.4 is 0 Å². The molecule has 0 heterocycles. The number of nitriles is 1. The predicted octanol–water partition coefficient (Wildman–Crippen LogP) is -0.111. The first-order valence-electron chi connectivity index (χ1n) is 1.74. The van der Waals surface area contributed by atoms with Crippen molar-refractivity contribution in [3.63, 3.8) is 0 Å². The van der Waals surface area contributed by atoms with E-state index in [1.165, 1.54) is 0 Å². The topological polar surface area (TPSA) is 76.4 Å². The molecule has 0 aromatic carbocycles. The number of rotatable bonds is 3. The molecule has 0 saturated carbocycles. The summed E-state index contributed by atoms with van der Waals surface area (Å²) in [5, 5.41) is 7.66. The van der Waals surface area contributed by atoms with Crippen LogP contribution >= 0.6 is 0 Å². The summed E-state index contributed by atoms with van der Waals surface area (Å²) in [6.07, 6.45) is 1.58. The molecule has 9 heavy (non-hydrogen) atoms. The van der Waals surface area contributed by atoms with Gasteiger partial charge in [0.25, 0.3) is 0 Å². The first kappa shape index (κ1) is 7.78. The van der Waals surface area contributed by atoms with Crippen LogP contribution in [0.15, 0.2) is 12.8 Å². The Kier molecular flexibility index (Phi) is 2.54. The van der Waals surface area contributed by atoms with Crippen LogP contribution in [0.2, 0.25) is 0 Å². The van der Waals surface area contributed by atoms with Gasteiger partial charge < -0.3 is 4.18 Å². The van der Waals surface area contributed by atoms with Gasteiger partial charge in [0, 0.05) is 0 Å². The van der Waals surface area contributed by atoms with Gasteiger partial charge >= 0.3 is 16.7 Å². The van der Waals surface area contributed by atoms with E-state index in [0.717, 1.165) is 6.26 Å². The number of hydrogen-bond acceptors (Lipinski definition) is 5. The molecule has 0 unspecified atom stereocenters. The smallest absolute Gasteiger partial charge is 0.361 e. The third-order valence-electron chi connectivity index (χ3n) is 0.325. The molecule has 0 N–H and O–H groups in total. The Morgan fingerprint density at radius 3 is 2.56 bits per heavy atom. The van der Waals surface area contributed by atoms with Gasteiger partial charge in [0.05, 0.1) is 0 Å². The van der Waals surface area contributed by atoms with E-state index >= 15 is 0 Å². The van der Waals surface area contributed by atoms with Gasteiger partial charge in [0.1, 0.15) is 6.26 Å². The molecular formula is C3H3NO4S. The van der Waals surface area contributed by atoms with Crippen molar-refractivity contribution < 1.29 is 16.8 Å². The third kappa shape index (κ3) is 3.37. The maximum atomic E-state index is 10.1. The Hall–Kier alpha value is -1.22. The van der Waals surface area contributed by atoms with Crippen LogP contribution in [0.1, 0.15) is 0 Å². The van der Waals surface area contributed by atoms with E-state index in [1.54, 1.807) is 0 Å². The molecule has 0 atom stereocenters. The van der Waals surface area contributed by atoms with Gasteiger partial charge in [-0.25, -0.2) is 0 Å². The average Bonchev–Trinajstić information content (AvgIpc) is 1.64. The second kappa shape index (κ2) is 2.94. The molecule has 6 heteroatoms. The van der Waals surface area contributed by atoms with Crippen molar-refractivity contribution in [1.82, 2.24) is 0 Å². The van der Waals surface area contributed by atoms with Crippen molar-refractivity contribution in [3.05, 3.63) is 12.8 Å². The molecule has 5 nitrogen and oxygen atoms in total. The molecular weight excluding hydrogens is 146 g/mol. The summed E-state index contributed by atoms with van der Waals surface area (Å²) in [6.45, 7) is 2.94. The maximum absolute atomic E-state index is 10.1. The van der Waals surface area contributed by atoms with Crippen molar-refractivity contribution >= 4 is 10.4 Å². The van der Waals surface area contributed by atoms with Crippen molar-refractivity contribution in [1.29, 1.82) is 5.26 Å². The van der Waals surface area contributed by atoms with Crippen molar-refractivity contribution in [2.24, 2.45) is 0 Å². The van der Waals surface area contributed by atoms with Crippen LogP contribution in [-0.2, 0) is 18.8 Å². The van der Waals surface area contributed by atoms with Gasteiger partial charge in [-0.3, -0.25) is 4.18 Å².